The quantitative estimate of drug-likeness (QED) is 0.912. The fourth-order valence-electron chi connectivity index (χ4n) is 2.49. The van der Waals surface area contributed by atoms with E-state index in [0.717, 1.165) is 12.0 Å². The maximum atomic E-state index is 12.3. The largest absolute Gasteiger partial charge is 0.392 e. The number of carbonyl (C=O) groups excluding carboxylic acids is 1. The Morgan fingerprint density at radius 3 is 3.05 bits per heavy atom. The first-order valence-electron chi connectivity index (χ1n) is 6.79. The molecule has 1 saturated carbocycles. The summed E-state index contributed by atoms with van der Waals surface area (Å²) < 4.78 is 0. The van der Waals surface area contributed by atoms with Crippen LogP contribution in [0, 0.1) is 5.92 Å². The van der Waals surface area contributed by atoms with Gasteiger partial charge in [-0.3, -0.25) is 9.78 Å². The number of halogens is 1. The molecule has 0 radical (unpaired) electrons. The van der Waals surface area contributed by atoms with Crippen LogP contribution >= 0.6 is 11.6 Å². The predicted octanol–water partition coefficient (Wildman–Crippen LogP) is 2.97. The van der Waals surface area contributed by atoms with Crippen molar-refractivity contribution in [2.75, 3.05) is 5.32 Å². The fraction of sp³-hybridized carbons (Fsp3) is 0.250. The number of pyridine rings is 1. The summed E-state index contributed by atoms with van der Waals surface area (Å²) in [5.74, 6) is 0.135. The molecular formula is C16H15ClN2O2. The standard InChI is InChI=1S/C16H15ClN2O2/c17-12-3-1-2-10(6-12)13-7-14(13)16(21)19-15-8-18-5-4-11(15)9-20/h1-6,8,13-14,20H,7,9H2,(H,19,21). The summed E-state index contributed by atoms with van der Waals surface area (Å²) >= 11 is 5.98. The van der Waals surface area contributed by atoms with Gasteiger partial charge in [-0.1, -0.05) is 23.7 Å². The van der Waals surface area contributed by atoms with Gasteiger partial charge < -0.3 is 10.4 Å². The van der Waals surface area contributed by atoms with E-state index in [1.807, 2.05) is 24.3 Å². The molecule has 0 saturated heterocycles. The summed E-state index contributed by atoms with van der Waals surface area (Å²) in [5.41, 5.74) is 2.33. The second-order valence-electron chi connectivity index (χ2n) is 5.18. The van der Waals surface area contributed by atoms with Crippen LogP contribution in [-0.2, 0) is 11.4 Å². The van der Waals surface area contributed by atoms with Crippen LogP contribution in [0.4, 0.5) is 5.69 Å². The number of nitrogens with one attached hydrogen (secondary N) is 1. The number of aliphatic hydroxyl groups is 1. The van der Waals surface area contributed by atoms with Gasteiger partial charge in [0.2, 0.25) is 5.91 Å². The highest BCUT2D eigenvalue weighted by atomic mass is 35.5. The topological polar surface area (TPSA) is 62.2 Å². The zero-order valence-corrected chi connectivity index (χ0v) is 12.0. The summed E-state index contributed by atoms with van der Waals surface area (Å²) in [5, 5.41) is 12.8. The van der Waals surface area contributed by atoms with Gasteiger partial charge >= 0.3 is 0 Å². The van der Waals surface area contributed by atoms with E-state index in [2.05, 4.69) is 10.3 Å². The van der Waals surface area contributed by atoms with Crippen LogP contribution in [0.1, 0.15) is 23.5 Å². The van der Waals surface area contributed by atoms with Crippen molar-refractivity contribution in [1.29, 1.82) is 0 Å². The Labute approximate surface area is 127 Å². The van der Waals surface area contributed by atoms with Gasteiger partial charge in [-0.25, -0.2) is 0 Å². The van der Waals surface area contributed by atoms with Crippen LogP contribution in [0.2, 0.25) is 5.02 Å². The lowest BCUT2D eigenvalue weighted by Crippen LogP contribution is -2.16. The van der Waals surface area contributed by atoms with Gasteiger partial charge in [0, 0.05) is 22.7 Å². The number of anilines is 1. The number of nitrogens with zero attached hydrogens (tertiary/aromatic N) is 1. The minimum absolute atomic E-state index is 0.0392. The number of rotatable bonds is 4. The van der Waals surface area contributed by atoms with Crippen molar-refractivity contribution in [3.8, 4) is 0 Å². The first-order valence-corrected chi connectivity index (χ1v) is 7.17. The van der Waals surface area contributed by atoms with Crippen LogP contribution in [0.15, 0.2) is 42.7 Å². The van der Waals surface area contributed by atoms with Crippen molar-refractivity contribution >= 4 is 23.2 Å². The van der Waals surface area contributed by atoms with Crippen LogP contribution in [-0.4, -0.2) is 16.0 Å². The predicted molar refractivity (Wildman–Crippen MR) is 81.1 cm³/mol. The molecule has 21 heavy (non-hydrogen) atoms. The highest BCUT2D eigenvalue weighted by Crippen LogP contribution is 2.48. The average Bonchev–Trinajstić information content (AvgIpc) is 3.28. The molecule has 2 N–H and O–H groups in total. The van der Waals surface area contributed by atoms with Crippen molar-refractivity contribution in [2.45, 2.75) is 18.9 Å². The molecule has 1 aliphatic carbocycles. The lowest BCUT2D eigenvalue weighted by atomic mass is 10.1. The molecule has 2 aromatic rings. The summed E-state index contributed by atoms with van der Waals surface area (Å²) in [6, 6.07) is 9.31. The van der Waals surface area contributed by atoms with E-state index in [1.165, 1.54) is 0 Å². The van der Waals surface area contributed by atoms with Crippen LogP contribution < -0.4 is 5.32 Å². The third kappa shape index (κ3) is 3.06. The molecule has 1 aromatic heterocycles. The average molecular weight is 303 g/mol. The number of hydrogen-bond donors (Lipinski definition) is 2. The normalized spacial score (nSPS) is 20.1. The zero-order valence-electron chi connectivity index (χ0n) is 11.3. The Bertz CT molecular complexity index is 675. The van der Waals surface area contributed by atoms with Gasteiger partial charge in [-0.15, -0.1) is 0 Å². The first kappa shape index (κ1) is 14.0. The molecule has 1 aliphatic rings. The molecule has 1 heterocycles. The Kier molecular flexibility index (Phi) is 3.90. The molecule has 1 amide bonds. The van der Waals surface area contributed by atoms with Crippen molar-refractivity contribution in [1.82, 2.24) is 4.98 Å². The van der Waals surface area contributed by atoms with Gasteiger partial charge in [0.05, 0.1) is 18.5 Å². The van der Waals surface area contributed by atoms with Gasteiger partial charge in [-0.05, 0) is 36.1 Å². The Morgan fingerprint density at radius 2 is 2.29 bits per heavy atom. The molecule has 1 aromatic carbocycles. The molecule has 0 aliphatic heterocycles. The van der Waals surface area contributed by atoms with Crippen LogP contribution in [0.3, 0.4) is 0 Å². The molecule has 0 bridgehead atoms. The van der Waals surface area contributed by atoms with Crippen LogP contribution in [0.5, 0.6) is 0 Å². The van der Waals surface area contributed by atoms with E-state index in [1.54, 1.807) is 18.5 Å². The number of amides is 1. The van der Waals surface area contributed by atoms with E-state index in [0.29, 0.717) is 16.3 Å². The zero-order chi connectivity index (χ0) is 14.8. The lowest BCUT2D eigenvalue weighted by molar-refractivity contribution is -0.117. The molecule has 108 valence electrons. The van der Waals surface area contributed by atoms with Crippen LogP contribution in [0.25, 0.3) is 0 Å². The van der Waals surface area contributed by atoms with Crippen molar-refractivity contribution in [3.05, 3.63) is 58.9 Å². The molecule has 4 nitrogen and oxygen atoms in total. The van der Waals surface area contributed by atoms with Gasteiger partial charge in [-0.2, -0.15) is 0 Å². The van der Waals surface area contributed by atoms with E-state index in [4.69, 9.17) is 11.6 Å². The fourth-order valence-corrected chi connectivity index (χ4v) is 2.69. The second kappa shape index (κ2) is 5.84. The molecule has 3 rings (SSSR count). The summed E-state index contributed by atoms with van der Waals surface area (Å²) in [6.45, 7) is -0.124. The maximum Gasteiger partial charge on any atom is 0.228 e. The Hall–Kier alpha value is -1.91. The lowest BCUT2D eigenvalue weighted by Gasteiger charge is -2.08. The molecular weight excluding hydrogens is 288 g/mol. The van der Waals surface area contributed by atoms with Crippen molar-refractivity contribution in [3.63, 3.8) is 0 Å². The van der Waals surface area contributed by atoms with Gasteiger partial charge in [0.1, 0.15) is 0 Å². The minimum atomic E-state index is -0.124. The Morgan fingerprint density at radius 1 is 1.43 bits per heavy atom. The summed E-state index contributed by atoms with van der Waals surface area (Å²) in [4.78, 5) is 16.2. The number of hydrogen-bond acceptors (Lipinski definition) is 3. The van der Waals surface area contributed by atoms with E-state index < -0.39 is 0 Å². The molecule has 5 heteroatoms. The SMILES string of the molecule is O=C(Nc1cnccc1CO)C1CC1c1cccc(Cl)c1. The van der Waals surface area contributed by atoms with E-state index >= 15 is 0 Å². The number of aromatic nitrogens is 1. The summed E-state index contributed by atoms with van der Waals surface area (Å²) in [7, 11) is 0. The molecule has 2 atom stereocenters. The van der Waals surface area contributed by atoms with Crippen molar-refractivity contribution in [2.24, 2.45) is 5.92 Å². The highest BCUT2D eigenvalue weighted by molar-refractivity contribution is 6.30. The third-order valence-corrected chi connectivity index (χ3v) is 3.98. The second-order valence-corrected chi connectivity index (χ2v) is 5.62. The Balaban J connectivity index is 1.68. The number of carbonyl (C=O) groups is 1. The molecule has 1 fully saturated rings. The molecule has 2 unspecified atom stereocenters. The van der Waals surface area contributed by atoms with E-state index in [9.17, 15) is 9.90 Å². The van der Waals surface area contributed by atoms with E-state index in [-0.39, 0.29) is 24.3 Å². The van der Waals surface area contributed by atoms with Gasteiger partial charge in [0.15, 0.2) is 0 Å². The monoisotopic (exact) mass is 302 g/mol. The number of benzene rings is 1. The smallest absolute Gasteiger partial charge is 0.228 e. The number of aliphatic hydroxyl groups excluding tert-OH is 1. The molecule has 0 spiro atoms. The maximum absolute atomic E-state index is 12.3. The third-order valence-electron chi connectivity index (χ3n) is 3.74. The van der Waals surface area contributed by atoms with Crippen molar-refractivity contribution < 1.29 is 9.90 Å². The first-order chi connectivity index (χ1) is 10.2. The summed E-state index contributed by atoms with van der Waals surface area (Å²) in [6.07, 6.45) is 3.97. The highest BCUT2D eigenvalue weighted by Gasteiger charge is 2.44. The van der Waals surface area contributed by atoms with Gasteiger partial charge in [0.25, 0.3) is 0 Å². The minimum Gasteiger partial charge on any atom is -0.392 e.